The number of nitrogens with one attached hydrogen (secondary N) is 1. The lowest BCUT2D eigenvalue weighted by molar-refractivity contribution is -0.115. The Balaban J connectivity index is 1.66. The molecule has 2 unspecified atom stereocenters. The maximum Gasteiger partial charge on any atom is 0.228 e. The molecule has 2 aromatic carbocycles. The van der Waals surface area contributed by atoms with Crippen molar-refractivity contribution in [3.8, 4) is 0 Å². The number of amides is 1. The summed E-state index contributed by atoms with van der Waals surface area (Å²) in [4.78, 5) is 14.7. The lowest BCUT2D eigenvalue weighted by atomic mass is 10.1. The Morgan fingerprint density at radius 3 is 2.62 bits per heavy atom. The third kappa shape index (κ3) is 5.13. The minimum absolute atomic E-state index is 0.147. The third-order valence-electron chi connectivity index (χ3n) is 4.43. The molecule has 1 heterocycles. The molecular weight excluding hydrogens is 331 g/mol. The van der Waals surface area contributed by atoms with E-state index in [1.807, 2.05) is 24.3 Å². The summed E-state index contributed by atoms with van der Waals surface area (Å²) >= 11 is 0. The number of hydrogen-bond donors (Lipinski definition) is 1. The topological polar surface area (TPSA) is 41.6 Å². The fraction of sp³-hybridized carbons (Fsp3) is 0.381. The van der Waals surface area contributed by atoms with Crippen molar-refractivity contribution in [1.82, 2.24) is 4.90 Å². The van der Waals surface area contributed by atoms with Gasteiger partial charge in [0.2, 0.25) is 5.91 Å². The van der Waals surface area contributed by atoms with Gasteiger partial charge in [-0.05, 0) is 43.2 Å². The van der Waals surface area contributed by atoms with Crippen LogP contribution < -0.4 is 5.32 Å². The van der Waals surface area contributed by atoms with Gasteiger partial charge in [-0.1, -0.05) is 30.3 Å². The molecule has 1 amide bonds. The predicted molar refractivity (Wildman–Crippen MR) is 100 cm³/mol. The molecule has 1 saturated heterocycles. The number of rotatable bonds is 5. The predicted octanol–water partition coefficient (Wildman–Crippen LogP) is 3.62. The van der Waals surface area contributed by atoms with E-state index in [-0.39, 0.29) is 30.4 Å². The molecule has 0 bridgehead atoms. The molecule has 2 atom stereocenters. The van der Waals surface area contributed by atoms with Gasteiger partial charge in [0.15, 0.2) is 0 Å². The quantitative estimate of drug-likeness (QED) is 0.890. The van der Waals surface area contributed by atoms with Gasteiger partial charge < -0.3 is 10.1 Å². The number of morpholine rings is 1. The first kappa shape index (κ1) is 18.5. The highest BCUT2D eigenvalue weighted by Crippen LogP contribution is 2.20. The maximum atomic E-state index is 13.3. The molecule has 0 spiro atoms. The number of carbonyl (C=O) groups excluding carboxylic acids is 1. The summed E-state index contributed by atoms with van der Waals surface area (Å²) in [6.07, 6.45) is 0.555. The van der Waals surface area contributed by atoms with Gasteiger partial charge in [-0.25, -0.2) is 4.39 Å². The summed E-state index contributed by atoms with van der Waals surface area (Å²) in [7, 11) is 0. The zero-order chi connectivity index (χ0) is 18.5. The first-order chi connectivity index (χ1) is 12.5. The van der Waals surface area contributed by atoms with E-state index in [0.717, 1.165) is 30.9 Å². The highest BCUT2D eigenvalue weighted by Gasteiger charge is 2.22. The Kier molecular flexibility index (Phi) is 6.01. The van der Waals surface area contributed by atoms with Crippen LogP contribution in [0.3, 0.4) is 0 Å². The number of benzene rings is 2. The van der Waals surface area contributed by atoms with E-state index in [0.29, 0.717) is 5.56 Å². The lowest BCUT2D eigenvalue weighted by Crippen LogP contribution is -2.44. The molecule has 0 radical (unpaired) electrons. The van der Waals surface area contributed by atoms with E-state index in [9.17, 15) is 9.18 Å². The second kappa shape index (κ2) is 8.43. The van der Waals surface area contributed by atoms with Gasteiger partial charge in [0.1, 0.15) is 5.82 Å². The van der Waals surface area contributed by atoms with Crippen LogP contribution in [-0.4, -0.2) is 36.1 Å². The number of carbonyl (C=O) groups is 1. The fourth-order valence-electron chi connectivity index (χ4n) is 3.46. The first-order valence-electron chi connectivity index (χ1n) is 8.99. The Morgan fingerprint density at radius 2 is 1.88 bits per heavy atom. The van der Waals surface area contributed by atoms with Crippen LogP contribution in [0.15, 0.2) is 48.5 Å². The zero-order valence-corrected chi connectivity index (χ0v) is 15.2. The summed E-state index contributed by atoms with van der Waals surface area (Å²) in [6.45, 7) is 6.66. The van der Waals surface area contributed by atoms with Crippen LogP contribution in [0, 0.1) is 5.82 Å². The molecule has 138 valence electrons. The minimum Gasteiger partial charge on any atom is -0.373 e. The molecule has 1 aliphatic heterocycles. The van der Waals surface area contributed by atoms with Gasteiger partial charge in [-0.3, -0.25) is 9.69 Å². The second-order valence-corrected chi connectivity index (χ2v) is 6.96. The molecule has 1 fully saturated rings. The van der Waals surface area contributed by atoms with Crippen molar-refractivity contribution >= 4 is 11.6 Å². The molecule has 5 heteroatoms. The van der Waals surface area contributed by atoms with E-state index < -0.39 is 0 Å². The number of nitrogens with zero attached hydrogens (tertiary/aromatic N) is 1. The number of anilines is 1. The summed E-state index contributed by atoms with van der Waals surface area (Å²) < 4.78 is 19.1. The van der Waals surface area contributed by atoms with Gasteiger partial charge in [0.25, 0.3) is 0 Å². The first-order valence-corrected chi connectivity index (χ1v) is 8.99. The smallest absolute Gasteiger partial charge is 0.228 e. The molecule has 0 aliphatic carbocycles. The number of para-hydroxylation sites is 1. The molecular formula is C21H25FN2O2. The average Bonchev–Trinajstić information content (AvgIpc) is 2.55. The van der Waals surface area contributed by atoms with Crippen molar-refractivity contribution in [3.05, 3.63) is 65.5 Å². The summed E-state index contributed by atoms with van der Waals surface area (Å²) in [6, 6.07) is 14.0. The molecule has 0 aromatic heterocycles. The normalized spacial score (nSPS) is 20.7. The van der Waals surface area contributed by atoms with Gasteiger partial charge in [-0.15, -0.1) is 0 Å². The van der Waals surface area contributed by atoms with Crippen LogP contribution in [0.25, 0.3) is 0 Å². The standard InChI is InChI=1S/C21H25FN2O2/c1-15-12-24(13-16(2)26-15)14-18-7-3-4-9-20(18)23-21(25)11-17-6-5-8-19(22)10-17/h3-10,15-16H,11-14H2,1-2H3,(H,23,25). The summed E-state index contributed by atoms with van der Waals surface area (Å²) in [5.74, 6) is -0.474. The number of hydrogen-bond acceptors (Lipinski definition) is 3. The molecule has 4 nitrogen and oxygen atoms in total. The maximum absolute atomic E-state index is 13.3. The second-order valence-electron chi connectivity index (χ2n) is 6.96. The largest absolute Gasteiger partial charge is 0.373 e. The Hall–Kier alpha value is -2.24. The molecule has 3 rings (SSSR count). The van der Waals surface area contributed by atoms with Crippen LogP contribution in [0.5, 0.6) is 0 Å². The summed E-state index contributed by atoms with van der Waals surface area (Å²) in [5.41, 5.74) is 2.54. The monoisotopic (exact) mass is 356 g/mol. The van der Waals surface area contributed by atoms with E-state index in [1.165, 1.54) is 12.1 Å². The third-order valence-corrected chi connectivity index (χ3v) is 4.43. The van der Waals surface area contributed by atoms with Crippen molar-refractivity contribution in [3.63, 3.8) is 0 Å². The van der Waals surface area contributed by atoms with Crippen molar-refractivity contribution in [2.75, 3.05) is 18.4 Å². The van der Waals surface area contributed by atoms with E-state index >= 15 is 0 Å². The van der Waals surface area contributed by atoms with Crippen LogP contribution in [-0.2, 0) is 22.5 Å². The van der Waals surface area contributed by atoms with Crippen LogP contribution >= 0.6 is 0 Å². The molecule has 2 aromatic rings. The molecule has 0 saturated carbocycles. The van der Waals surface area contributed by atoms with E-state index in [1.54, 1.807) is 12.1 Å². The highest BCUT2D eigenvalue weighted by atomic mass is 19.1. The van der Waals surface area contributed by atoms with Crippen molar-refractivity contribution in [2.24, 2.45) is 0 Å². The van der Waals surface area contributed by atoms with E-state index in [2.05, 4.69) is 24.1 Å². The fourth-order valence-corrected chi connectivity index (χ4v) is 3.46. The number of halogens is 1. The van der Waals surface area contributed by atoms with E-state index in [4.69, 9.17) is 4.74 Å². The molecule has 1 N–H and O–H groups in total. The van der Waals surface area contributed by atoms with Crippen LogP contribution in [0.4, 0.5) is 10.1 Å². The lowest BCUT2D eigenvalue weighted by Gasteiger charge is -2.35. The molecule has 1 aliphatic rings. The minimum atomic E-state index is -0.328. The van der Waals surface area contributed by atoms with Crippen LogP contribution in [0.1, 0.15) is 25.0 Å². The SMILES string of the molecule is CC1CN(Cc2ccccc2NC(=O)Cc2cccc(F)c2)CC(C)O1. The Labute approximate surface area is 154 Å². The van der Waals surface area contributed by atoms with Gasteiger partial charge in [0, 0.05) is 25.3 Å². The Bertz CT molecular complexity index is 755. The van der Waals surface area contributed by atoms with Crippen LogP contribution in [0.2, 0.25) is 0 Å². The van der Waals surface area contributed by atoms with Crippen molar-refractivity contribution in [1.29, 1.82) is 0 Å². The zero-order valence-electron chi connectivity index (χ0n) is 15.2. The average molecular weight is 356 g/mol. The van der Waals surface area contributed by atoms with Crippen molar-refractivity contribution in [2.45, 2.75) is 39.0 Å². The number of ether oxygens (including phenoxy) is 1. The molecule has 26 heavy (non-hydrogen) atoms. The van der Waals surface area contributed by atoms with Gasteiger partial charge in [-0.2, -0.15) is 0 Å². The Morgan fingerprint density at radius 1 is 1.15 bits per heavy atom. The van der Waals surface area contributed by atoms with Gasteiger partial charge in [0.05, 0.1) is 18.6 Å². The van der Waals surface area contributed by atoms with Gasteiger partial charge >= 0.3 is 0 Å². The van der Waals surface area contributed by atoms with Crippen molar-refractivity contribution < 1.29 is 13.9 Å². The highest BCUT2D eigenvalue weighted by molar-refractivity contribution is 5.93. The summed E-state index contributed by atoms with van der Waals surface area (Å²) in [5, 5.41) is 2.97.